The Bertz CT molecular complexity index is 1490. The van der Waals surface area contributed by atoms with Crippen LogP contribution in [0.25, 0.3) is 28.1 Å². The Morgan fingerprint density at radius 2 is 1.68 bits per heavy atom. The average molecular weight is 514 g/mol. The largest absolute Gasteiger partial charge is 0.497 e. The quantitative estimate of drug-likeness (QED) is 0.286. The van der Waals surface area contributed by atoms with E-state index in [0.29, 0.717) is 40.4 Å². The second-order valence-electron chi connectivity index (χ2n) is 8.87. The molecule has 8 nitrogen and oxygen atoms in total. The number of aryl methyl sites for hydroxylation is 2. The van der Waals surface area contributed by atoms with Gasteiger partial charge in [0.15, 0.2) is 0 Å². The van der Waals surface area contributed by atoms with Crippen molar-refractivity contribution in [3.05, 3.63) is 71.8 Å². The number of nitrogens with zero attached hydrogens (tertiary/aromatic N) is 2. The molecule has 3 aromatic carbocycles. The predicted molar refractivity (Wildman–Crippen MR) is 147 cm³/mol. The molecule has 8 heteroatoms. The molecule has 0 unspecified atom stereocenters. The van der Waals surface area contributed by atoms with Crippen LogP contribution in [-0.4, -0.2) is 35.9 Å². The number of amides is 1. The standard InChI is InChI=1S/C30H31N3O5/c1-7-27(35)31-22-11-9-21(10-12-22)28-29(24-14-13-23(36-5)17-26(24)37-6)32-33(30(28)38-20(4)34)25-15-8-18(2)16-19(25)3/h8-17H,7H2,1-6H3,(H,31,35). The van der Waals surface area contributed by atoms with Gasteiger partial charge in [-0.1, -0.05) is 36.8 Å². The minimum Gasteiger partial charge on any atom is -0.497 e. The fraction of sp³-hybridized carbons (Fsp3) is 0.233. The van der Waals surface area contributed by atoms with Crippen LogP contribution in [0.5, 0.6) is 17.4 Å². The fourth-order valence-corrected chi connectivity index (χ4v) is 4.25. The third-order valence-electron chi connectivity index (χ3n) is 6.11. The van der Waals surface area contributed by atoms with Crippen molar-refractivity contribution in [2.75, 3.05) is 19.5 Å². The molecule has 0 aliphatic rings. The number of rotatable bonds is 8. The number of nitrogens with one attached hydrogen (secondary N) is 1. The van der Waals surface area contributed by atoms with Gasteiger partial charge in [-0.3, -0.25) is 9.59 Å². The first-order valence-electron chi connectivity index (χ1n) is 12.3. The molecule has 1 aromatic heterocycles. The lowest BCUT2D eigenvalue weighted by molar-refractivity contribution is -0.132. The van der Waals surface area contributed by atoms with E-state index < -0.39 is 5.97 Å². The molecule has 0 spiro atoms. The Labute approximate surface area is 222 Å². The third kappa shape index (κ3) is 5.39. The molecule has 0 bridgehead atoms. The molecule has 0 fully saturated rings. The lowest BCUT2D eigenvalue weighted by atomic mass is 10.00. The molecule has 0 radical (unpaired) electrons. The highest BCUT2D eigenvalue weighted by atomic mass is 16.5. The van der Waals surface area contributed by atoms with E-state index in [1.165, 1.54) is 6.92 Å². The first-order chi connectivity index (χ1) is 18.2. The Balaban J connectivity index is 2.02. The van der Waals surface area contributed by atoms with Crippen LogP contribution in [0, 0.1) is 13.8 Å². The number of carbonyl (C=O) groups excluding carboxylic acids is 2. The van der Waals surface area contributed by atoms with Crippen LogP contribution in [-0.2, 0) is 9.59 Å². The second-order valence-corrected chi connectivity index (χ2v) is 8.87. The summed E-state index contributed by atoms with van der Waals surface area (Å²) in [4.78, 5) is 24.2. The van der Waals surface area contributed by atoms with Crippen molar-refractivity contribution in [2.24, 2.45) is 0 Å². The van der Waals surface area contributed by atoms with Gasteiger partial charge in [-0.15, -0.1) is 0 Å². The molecule has 196 valence electrons. The molecule has 38 heavy (non-hydrogen) atoms. The van der Waals surface area contributed by atoms with Gasteiger partial charge in [0, 0.05) is 30.7 Å². The molecule has 0 atom stereocenters. The van der Waals surface area contributed by atoms with Crippen molar-refractivity contribution in [3.63, 3.8) is 0 Å². The minimum absolute atomic E-state index is 0.0790. The number of hydrogen-bond donors (Lipinski definition) is 1. The molecule has 1 amide bonds. The van der Waals surface area contributed by atoms with Crippen molar-refractivity contribution in [3.8, 4) is 45.5 Å². The van der Waals surface area contributed by atoms with Gasteiger partial charge in [0.25, 0.3) is 0 Å². The van der Waals surface area contributed by atoms with Crippen LogP contribution < -0.4 is 19.5 Å². The molecule has 0 saturated carbocycles. The topological polar surface area (TPSA) is 91.7 Å². The molecule has 4 rings (SSSR count). The van der Waals surface area contributed by atoms with E-state index in [2.05, 4.69) is 5.32 Å². The van der Waals surface area contributed by atoms with Crippen molar-refractivity contribution in [1.82, 2.24) is 9.78 Å². The fourth-order valence-electron chi connectivity index (χ4n) is 4.25. The number of carbonyl (C=O) groups is 2. The highest BCUT2D eigenvalue weighted by Crippen LogP contribution is 2.45. The Hall–Kier alpha value is -4.59. The van der Waals surface area contributed by atoms with E-state index in [4.69, 9.17) is 19.3 Å². The summed E-state index contributed by atoms with van der Waals surface area (Å²) in [5.41, 5.74) is 6.14. The van der Waals surface area contributed by atoms with Crippen LogP contribution >= 0.6 is 0 Å². The van der Waals surface area contributed by atoms with E-state index >= 15 is 0 Å². The maximum atomic E-state index is 12.3. The number of benzene rings is 3. The maximum Gasteiger partial charge on any atom is 0.309 e. The van der Waals surface area contributed by atoms with Crippen LogP contribution in [0.1, 0.15) is 31.4 Å². The van der Waals surface area contributed by atoms with Crippen LogP contribution in [0.2, 0.25) is 0 Å². The normalized spacial score (nSPS) is 10.7. The highest BCUT2D eigenvalue weighted by Gasteiger charge is 2.27. The van der Waals surface area contributed by atoms with Gasteiger partial charge in [-0.2, -0.15) is 9.78 Å². The highest BCUT2D eigenvalue weighted by molar-refractivity contribution is 5.92. The summed E-state index contributed by atoms with van der Waals surface area (Å²) >= 11 is 0. The summed E-state index contributed by atoms with van der Waals surface area (Å²) in [6, 6.07) is 18.8. The van der Waals surface area contributed by atoms with Crippen molar-refractivity contribution in [2.45, 2.75) is 34.1 Å². The van der Waals surface area contributed by atoms with Gasteiger partial charge in [0.05, 0.1) is 25.5 Å². The van der Waals surface area contributed by atoms with Gasteiger partial charge in [0.2, 0.25) is 11.8 Å². The summed E-state index contributed by atoms with van der Waals surface area (Å²) in [5, 5.41) is 7.83. The first-order valence-corrected chi connectivity index (χ1v) is 12.3. The maximum absolute atomic E-state index is 12.3. The molecule has 4 aromatic rings. The zero-order valence-corrected chi connectivity index (χ0v) is 22.4. The van der Waals surface area contributed by atoms with Crippen molar-refractivity contribution in [1.29, 1.82) is 0 Å². The SMILES string of the molecule is CCC(=O)Nc1ccc(-c2c(-c3ccc(OC)cc3OC)nn(-c3ccc(C)cc3C)c2OC(C)=O)cc1. The molecular weight excluding hydrogens is 482 g/mol. The van der Waals surface area contributed by atoms with Crippen molar-refractivity contribution >= 4 is 17.6 Å². The Morgan fingerprint density at radius 1 is 0.947 bits per heavy atom. The molecule has 1 N–H and O–H groups in total. The Kier molecular flexibility index (Phi) is 7.81. The van der Waals surface area contributed by atoms with Crippen LogP contribution in [0.4, 0.5) is 5.69 Å². The number of esters is 1. The van der Waals surface area contributed by atoms with E-state index in [0.717, 1.165) is 22.4 Å². The number of anilines is 1. The smallest absolute Gasteiger partial charge is 0.309 e. The zero-order valence-electron chi connectivity index (χ0n) is 22.4. The van der Waals surface area contributed by atoms with E-state index in [1.807, 2.05) is 68.4 Å². The predicted octanol–water partition coefficient (Wildman–Crippen LogP) is 6.11. The third-order valence-corrected chi connectivity index (χ3v) is 6.11. The number of methoxy groups -OCH3 is 2. The molecule has 0 aliphatic heterocycles. The van der Waals surface area contributed by atoms with Gasteiger partial charge in [-0.25, -0.2) is 0 Å². The number of ether oxygens (including phenoxy) is 3. The molecular formula is C30H31N3O5. The Morgan fingerprint density at radius 3 is 2.29 bits per heavy atom. The van der Waals surface area contributed by atoms with Gasteiger partial charge < -0.3 is 19.5 Å². The summed E-state index contributed by atoms with van der Waals surface area (Å²) in [5.74, 6) is 0.916. The number of hydrogen-bond acceptors (Lipinski definition) is 6. The summed E-state index contributed by atoms with van der Waals surface area (Å²) in [6.07, 6.45) is 0.377. The zero-order chi connectivity index (χ0) is 27.4. The van der Waals surface area contributed by atoms with Crippen molar-refractivity contribution < 1.29 is 23.8 Å². The molecule has 0 saturated heterocycles. The van der Waals surface area contributed by atoms with Crippen LogP contribution in [0.3, 0.4) is 0 Å². The minimum atomic E-state index is -0.475. The van der Waals surface area contributed by atoms with Gasteiger partial charge in [-0.05, 0) is 55.3 Å². The van der Waals surface area contributed by atoms with E-state index in [9.17, 15) is 9.59 Å². The summed E-state index contributed by atoms with van der Waals surface area (Å²) in [7, 11) is 3.17. The molecule has 1 heterocycles. The number of aromatic nitrogens is 2. The lowest BCUT2D eigenvalue weighted by Crippen LogP contribution is -2.09. The van der Waals surface area contributed by atoms with E-state index in [-0.39, 0.29) is 11.8 Å². The first kappa shape index (κ1) is 26.5. The monoisotopic (exact) mass is 513 g/mol. The average Bonchev–Trinajstić information content (AvgIpc) is 3.26. The van der Waals surface area contributed by atoms with Gasteiger partial charge >= 0.3 is 5.97 Å². The lowest BCUT2D eigenvalue weighted by Gasteiger charge is -2.12. The summed E-state index contributed by atoms with van der Waals surface area (Å²) in [6.45, 7) is 7.16. The molecule has 0 aliphatic carbocycles. The second kappa shape index (κ2) is 11.2. The van der Waals surface area contributed by atoms with Crippen LogP contribution in [0.15, 0.2) is 60.7 Å². The van der Waals surface area contributed by atoms with E-state index in [1.54, 1.807) is 31.9 Å². The summed E-state index contributed by atoms with van der Waals surface area (Å²) < 4.78 is 18.6. The van der Waals surface area contributed by atoms with Gasteiger partial charge in [0.1, 0.15) is 17.2 Å².